The highest BCUT2D eigenvalue weighted by atomic mass is 16.5. The van der Waals surface area contributed by atoms with Crippen LogP contribution in [0.4, 0.5) is 0 Å². The lowest BCUT2D eigenvalue weighted by Crippen LogP contribution is -2.21. The molecular weight excluding hydrogens is 340 g/mol. The van der Waals surface area contributed by atoms with Gasteiger partial charge in [-0.2, -0.15) is 0 Å². The smallest absolute Gasteiger partial charge is 0.336 e. The van der Waals surface area contributed by atoms with Gasteiger partial charge in [-0.25, -0.2) is 9.59 Å². The van der Waals surface area contributed by atoms with Gasteiger partial charge in [0.25, 0.3) is 0 Å². The Morgan fingerprint density at radius 1 is 0.704 bits per heavy atom. The molecule has 2 aliphatic rings. The second kappa shape index (κ2) is 6.08. The summed E-state index contributed by atoms with van der Waals surface area (Å²) in [5.74, 6) is -0.903. The molecule has 0 unspecified atom stereocenters. The first-order chi connectivity index (χ1) is 12.9. The Hall–Kier alpha value is -2.88. The molecule has 0 bridgehead atoms. The SMILES string of the molecule is CC(C)OC(=O)C1=C(C(=O)OC(C)C)C12c1ccccc1-c1ccccc12. The summed E-state index contributed by atoms with van der Waals surface area (Å²) >= 11 is 0. The van der Waals surface area contributed by atoms with Gasteiger partial charge in [0.1, 0.15) is 0 Å². The molecule has 0 heterocycles. The highest BCUT2D eigenvalue weighted by Crippen LogP contribution is 2.66. The number of carbonyl (C=O) groups excluding carboxylic acids is 2. The molecule has 0 amide bonds. The molecule has 0 saturated carbocycles. The fourth-order valence-corrected chi connectivity index (χ4v) is 4.11. The van der Waals surface area contributed by atoms with Crippen molar-refractivity contribution in [1.29, 1.82) is 0 Å². The molecule has 0 aromatic heterocycles. The van der Waals surface area contributed by atoms with Gasteiger partial charge in [-0.1, -0.05) is 48.5 Å². The Kier molecular flexibility index (Phi) is 3.95. The molecule has 0 saturated heterocycles. The maximum atomic E-state index is 12.9. The van der Waals surface area contributed by atoms with Crippen molar-refractivity contribution < 1.29 is 19.1 Å². The lowest BCUT2D eigenvalue weighted by molar-refractivity contribution is -0.144. The quantitative estimate of drug-likeness (QED) is 0.766. The van der Waals surface area contributed by atoms with Crippen molar-refractivity contribution in [2.24, 2.45) is 0 Å². The summed E-state index contributed by atoms with van der Waals surface area (Å²) in [4.78, 5) is 25.8. The summed E-state index contributed by atoms with van der Waals surface area (Å²) in [7, 11) is 0. The predicted octanol–water partition coefficient (Wildman–Crippen LogP) is 4.17. The molecule has 0 atom stereocenters. The van der Waals surface area contributed by atoms with Gasteiger partial charge in [0.05, 0.1) is 28.8 Å². The number of benzene rings is 2. The molecule has 0 fully saturated rings. The van der Waals surface area contributed by atoms with E-state index in [9.17, 15) is 9.59 Å². The van der Waals surface area contributed by atoms with Crippen LogP contribution in [0.2, 0.25) is 0 Å². The van der Waals surface area contributed by atoms with Crippen LogP contribution in [-0.4, -0.2) is 24.1 Å². The first-order valence-electron chi connectivity index (χ1n) is 9.25. The Balaban J connectivity index is 1.91. The monoisotopic (exact) mass is 362 g/mol. The van der Waals surface area contributed by atoms with Crippen molar-refractivity contribution in [2.75, 3.05) is 0 Å². The van der Waals surface area contributed by atoms with Crippen molar-refractivity contribution in [2.45, 2.75) is 45.3 Å². The molecule has 0 radical (unpaired) electrons. The van der Waals surface area contributed by atoms with E-state index in [1.54, 1.807) is 27.7 Å². The van der Waals surface area contributed by atoms with Crippen LogP contribution in [0.5, 0.6) is 0 Å². The molecule has 0 aliphatic heterocycles. The lowest BCUT2D eigenvalue weighted by atomic mass is 9.85. The van der Waals surface area contributed by atoms with Crippen molar-refractivity contribution >= 4 is 11.9 Å². The Bertz CT molecular complexity index is 902. The van der Waals surface area contributed by atoms with Crippen molar-refractivity contribution in [1.82, 2.24) is 0 Å². The largest absolute Gasteiger partial charge is 0.460 e. The number of ether oxygens (including phenoxy) is 2. The molecule has 4 nitrogen and oxygen atoms in total. The molecule has 0 N–H and O–H groups in total. The number of hydrogen-bond donors (Lipinski definition) is 0. The molecule has 1 spiro atoms. The number of hydrogen-bond acceptors (Lipinski definition) is 4. The van der Waals surface area contributed by atoms with Crippen LogP contribution in [0.25, 0.3) is 11.1 Å². The van der Waals surface area contributed by atoms with Gasteiger partial charge in [-0.3, -0.25) is 0 Å². The highest BCUT2D eigenvalue weighted by molar-refractivity contribution is 6.18. The van der Waals surface area contributed by atoms with Crippen molar-refractivity contribution in [3.05, 3.63) is 70.8 Å². The third-order valence-corrected chi connectivity index (χ3v) is 4.98. The van der Waals surface area contributed by atoms with Gasteiger partial charge in [0.15, 0.2) is 0 Å². The van der Waals surface area contributed by atoms with Gasteiger partial charge < -0.3 is 9.47 Å². The summed E-state index contributed by atoms with van der Waals surface area (Å²) in [6.45, 7) is 7.21. The van der Waals surface area contributed by atoms with Crippen LogP contribution in [-0.2, 0) is 24.5 Å². The second-order valence-electron chi connectivity index (χ2n) is 7.50. The van der Waals surface area contributed by atoms with Crippen LogP contribution in [0.15, 0.2) is 59.7 Å². The van der Waals surface area contributed by atoms with Gasteiger partial charge in [0.2, 0.25) is 0 Å². The topological polar surface area (TPSA) is 52.6 Å². The summed E-state index contributed by atoms with van der Waals surface area (Å²) < 4.78 is 10.9. The second-order valence-corrected chi connectivity index (χ2v) is 7.50. The minimum Gasteiger partial charge on any atom is -0.460 e. The van der Waals surface area contributed by atoms with Crippen LogP contribution in [0.3, 0.4) is 0 Å². The van der Waals surface area contributed by atoms with E-state index in [-0.39, 0.29) is 12.2 Å². The van der Waals surface area contributed by atoms with Crippen LogP contribution in [0, 0.1) is 0 Å². The van der Waals surface area contributed by atoms with Crippen molar-refractivity contribution in [3.63, 3.8) is 0 Å². The third kappa shape index (κ3) is 2.43. The van der Waals surface area contributed by atoms with Crippen LogP contribution in [0.1, 0.15) is 38.8 Å². The summed E-state index contributed by atoms with van der Waals surface area (Å²) in [5.41, 5.74) is 3.91. The average Bonchev–Trinajstić information content (AvgIpc) is 3.23. The number of esters is 2. The number of rotatable bonds is 4. The predicted molar refractivity (Wildman–Crippen MR) is 102 cm³/mol. The van der Waals surface area contributed by atoms with E-state index in [1.807, 2.05) is 48.5 Å². The molecular formula is C23H22O4. The summed E-state index contributed by atoms with van der Waals surface area (Å²) in [5, 5.41) is 0. The summed E-state index contributed by atoms with van der Waals surface area (Å²) in [6.07, 6.45) is -0.534. The van der Waals surface area contributed by atoms with E-state index in [2.05, 4.69) is 0 Å². The first kappa shape index (κ1) is 17.5. The lowest BCUT2D eigenvalue weighted by Gasteiger charge is -2.17. The zero-order chi connectivity index (χ0) is 19.3. The van der Waals surface area contributed by atoms with E-state index in [1.165, 1.54) is 0 Å². The van der Waals surface area contributed by atoms with Gasteiger partial charge in [-0.15, -0.1) is 0 Å². The van der Waals surface area contributed by atoms with E-state index in [0.717, 1.165) is 22.3 Å². The first-order valence-corrected chi connectivity index (χ1v) is 9.25. The van der Waals surface area contributed by atoms with Crippen molar-refractivity contribution in [3.8, 4) is 11.1 Å². The van der Waals surface area contributed by atoms with E-state index in [0.29, 0.717) is 11.1 Å². The number of fused-ring (bicyclic) bond motifs is 5. The minimum absolute atomic E-state index is 0.267. The average molecular weight is 362 g/mol. The van der Waals surface area contributed by atoms with E-state index >= 15 is 0 Å². The molecule has 4 rings (SSSR count). The molecule has 4 heteroatoms. The molecule has 27 heavy (non-hydrogen) atoms. The molecule has 2 aliphatic carbocycles. The molecule has 138 valence electrons. The Labute approximate surface area is 158 Å². The van der Waals surface area contributed by atoms with E-state index in [4.69, 9.17) is 9.47 Å². The van der Waals surface area contributed by atoms with Gasteiger partial charge in [0, 0.05) is 0 Å². The minimum atomic E-state index is -0.856. The maximum Gasteiger partial charge on any atom is 0.336 e. The van der Waals surface area contributed by atoms with E-state index < -0.39 is 17.4 Å². The van der Waals surface area contributed by atoms with Gasteiger partial charge in [-0.05, 0) is 49.9 Å². The zero-order valence-electron chi connectivity index (χ0n) is 15.9. The molecule has 2 aromatic rings. The van der Waals surface area contributed by atoms with Crippen LogP contribution < -0.4 is 0 Å². The van der Waals surface area contributed by atoms with Gasteiger partial charge >= 0.3 is 11.9 Å². The summed E-state index contributed by atoms with van der Waals surface area (Å²) in [6, 6.07) is 15.8. The molecule has 2 aromatic carbocycles. The fraction of sp³-hybridized carbons (Fsp3) is 0.304. The third-order valence-electron chi connectivity index (χ3n) is 4.98. The standard InChI is InChI=1S/C23H22O4/c1-13(2)26-21(24)19-20(22(25)27-14(3)4)23(19)17-11-7-5-9-15(17)16-10-6-8-12-18(16)23/h5-14H,1-4H3. The Morgan fingerprint density at radius 3 is 1.44 bits per heavy atom. The van der Waals surface area contributed by atoms with Crippen LogP contribution >= 0.6 is 0 Å². The zero-order valence-corrected chi connectivity index (χ0v) is 15.9. The Morgan fingerprint density at radius 2 is 1.07 bits per heavy atom. The highest BCUT2D eigenvalue weighted by Gasteiger charge is 2.67. The fourth-order valence-electron chi connectivity index (χ4n) is 4.11. The normalized spacial score (nSPS) is 15.8. The number of carbonyl (C=O) groups is 2. The maximum absolute atomic E-state index is 12.9.